The Morgan fingerprint density at radius 3 is 2.16 bits per heavy atom. The van der Waals surface area contributed by atoms with Crippen LogP contribution in [-0.2, 0) is 13.0 Å². The summed E-state index contributed by atoms with van der Waals surface area (Å²) in [5.41, 5.74) is 4.01. The number of nitrogens with zero attached hydrogens (tertiary/aromatic N) is 1. The van der Waals surface area contributed by atoms with E-state index in [0.29, 0.717) is 30.6 Å². The highest BCUT2D eigenvalue weighted by Crippen LogP contribution is 2.30. The maximum atomic E-state index is 12.8. The molecule has 1 aromatic heterocycles. The first-order valence-electron chi connectivity index (χ1n) is 10.6. The summed E-state index contributed by atoms with van der Waals surface area (Å²) in [7, 11) is 0. The fourth-order valence-electron chi connectivity index (χ4n) is 3.92. The Morgan fingerprint density at radius 2 is 1.47 bits per heavy atom. The van der Waals surface area contributed by atoms with Gasteiger partial charge in [0, 0.05) is 47.5 Å². The average molecular weight is 422 g/mol. The van der Waals surface area contributed by atoms with Crippen molar-refractivity contribution in [2.24, 2.45) is 0 Å². The molecule has 0 saturated carbocycles. The van der Waals surface area contributed by atoms with Crippen molar-refractivity contribution in [3.05, 3.63) is 113 Å². The van der Waals surface area contributed by atoms with Crippen molar-refractivity contribution in [3.63, 3.8) is 0 Å². The molecule has 0 saturated heterocycles. The van der Waals surface area contributed by atoms with Crippen LogP contribution in [-0.4, -0.2) is 23.3 Å². The topological polar surface area (TPSA) is 62.6 Å². The largest absolute Gasteiger partial charge is 0.461 e. The summed E-state index contributed by atoms with van der Waals surface area (Å²) in [6.45, 7) is 1.18. The number of amides is 2. The van der Waals surface area contributed by atoms with Gasteiger partial charge in [0.25, 0.3) is 11.8 Å². The fraction of sp³-hybridized carbons (Fsp3) is 0.111. The van der Waals surface area contributed by atoms with E-state index >= 15 is 0 Å². The standard InChI is InChI=1S/C27H22N2O3/c30-26(20-7-3-1-4-8-20)28-23-13-11-19(12-14-23)25-17-22-18-29(16-15-24(22)32-25)27(31)21-9-5-2-6-10-21/h1-14,17H,15-16,18H2,(H,28,30). The van der Waals surface area contributed by atoms with Crippen LogP contribution in [0.15, 0.2) is 95.4 Å². The van der Waals surface area contributed by atoms with E-state index in [1.165, 1.54) is 0 Å². The number of furan rings is 1. The highest BCUT2D eigenvalue weighted by Gasteiger charge is 2.25. The first-order chi connectivity index (χ1) is 15.7. The lowest BCUT2D eigenvalue weighted by Crippen LogP contribution is -2.35. The normalized spacial score (nSPS) is 12.8. The summed E-state index contributed by atoms with van der Waals surface area (Å²) in [4.78, 5) is 27.0. The van der Waals surface area contributed by atoms with Crippen LogP contribution in [0.25, 0.3) is 11.3 Å². The molecule has 2 amide bonds. The van der Waals surface area contributed by atoms with E-state index in [0.717, 1.165) is 28.3 Å². The molecule has 158 valence electrons. The van der Waals surface area contributed by atoms with Crippen LogP contribution < -0.4 is 5.32 Å². The highest BCUT2D eigenvalue weighted by molar-refractivity contribution is 6.04. The third-order valence-electron chi connectivity index (χ3n) is 5.64. The summed E-state index contributed by atoms with van der Waals surface area (Å²) < 4.78 is 6.09. The zero-order valence-corrected chi connectivity index (χ0v) is 17.5. The second kappa shape index (κ2) is 8.55. The van der Waals surface area contributed by atoms with Gasteiger partial charge in [0.1, 0.15) is 11.5 Å². The van der Waals surface area contributed by atoms with E-state index in [-0.39, 0.29) is 11.8 Å². The molecule has 1 N–H and O–H groups in total. The molecule has 0 radical (unpaired) electrons. The number of anilines is 1. The van der Waals surface area contributed by atoms with Gasteiger partial charge >= 0.3 is 0 Å². The molecule has 5 rings (SSSR count). The minimum Gasteiger partial charge on any atom is -0.461 e. The maximum absolute atomic E-state index is 12.8. The molecule has 5 heteroatoms. The Labute approximate surface area is 186 Å². The smallest absolute Gasteiger partial charge is 0.255 e. The van der Waals surface area contributed by atoms with Gasteiger partial charge in [0.15, 0.2) is 0 Å². The molecule has 5 nitrogen and oxygen atoms in total. The number of carbonyl (C=O) groups excluding carboxylic acids is 2. The van der Waals surface area contributed by atoms with Crippen molar-refractivity contribution in [1.82, 2.24) is 4.90 Å². The van der Waals surface area contributed by atoms with E-state index in [1.54, 1.807) is 12.1 Å². The van der Waals surface area contributed by atoms with Crippen molar-refractivity contribution in [1.29, 1.82) is 0 Å². The zero-order chi connectivity index (χ0) is 21.9. The monoisotopic (exact) mass is 422 g/mol. The summed E-state index contributed by atoms with van der Waals surface area (Å²) >= 11 is 0. The van der Waals surface area contributed by atoms with Gasteiger partial charge in [-0.05, 0) is 54.6 Å². The lowest BCUT2D eigenvalue weighted by atomic mass is 10.1. The Kier molecular flexibility index (Phi) is 5.30. The molecule has 0 bridgehead atoms. The number of benzene rings is 3. The maximum Gasteiger partial charge on any atom is 0.255 e. The minimum absolute atomic E-state index is 0.0394. The number of fused-ring (bicyclic) bond motifs is 1. The molecule has 4 aromatic rings. The lowest BCUT2D eigenvalue weighted by Gasteiger charge is -2.26. The summed E-state index contributed by atoms with van der Waals surface area (Å²) in [6, 6.07) is 28.1. The Balaban J connectivity index is 1.28. The molecule has 1 aliphatic rings. The Bertz CT molecular complexity index is 1250. The molecule has 0 spiro atoms. The average Bonchev–Trinajstić information content (AvgIpc) is 3.28. The predicted molar refractivity (Wildman–Crippen MR) is 123 cm³/mol. The van der Waals surface area contributed by atoms with E-state index < -0.39 is 0 Å². The van der Waals surface area contributed by atoms with Crippen molar-refractivity contribution in [2.75, 3.05) is 11.9 Å². The quantitative estimate of drug-likeness (QED) is 0.479. The van der Waals surface area contributed by atoms with Crippen molar-refractivity contribution in [2.45, 2.75) is 13.0 Å². The molecular weight excluding hydrogens is 400 g/mol. The molecule has 1 aliphatic heterocycles. The van der Waals surface area contributed by atoms with Gasteiger partial charge in [-0.1, -0.05) is 36.4 Å². The molecular formula is C27H22N2O3. The Morgan fingerprint density at radius 1 is 0.812 bits per heavy atom. The van der Waals surface area contributed by atoms with E-state index in [4.69, 9.17) is 4.42 Å². The van der Waals surface area contributed by atoms with E-state index in [1.807, 2.05) is 83.8 Å². The first-order valence-corrected chi connectivity index (χ1v) is 10.6. The van der Waals surface area contributed by atoms with Crippen LogP contribution in [0.2, 0.25) is 0 Å². The molecule has 2 heterocycles. The number of nitrogens with one attached hydrogen (secondary N) is 1. The van der Waals surface area contributed by atoms with Crippen LogP contribution in [0.3, 0.4) is 0 Å². The van der Waals surface area contributed by atoms with Crippen LogP contribution in [0.1, 0.15) is 32.0 Å². The van der Waals surface area contributed by atoms with Gasteiger partial charge < -0.3 is 14.6 Å². The van der Waals surface area contributed by atoms with Crippen LogP contribution in [0.5, 0.6) is 0 Å². The van der Waals surface area contributed by atoms with Crippen LogP contribution >= 0.6 is 0 Å². The van der Waals surface area contributed by atoms with Crippen molar-refractivity contribution in [3.8, 4) is 11.3 Å². The zero-order valence-electron chi connectivity index (χ0n) is 17.5. The van der Waals surface area contributed by atoms with Crippen LogP contribution in [0, 0.1) is 0 Å². The number of carbonyl (C=O) groups is 2. The number of rotatable bonds is 4. The minimum atomic E-state index is -0.144. The fourth-order valence-corrected chi connectivity index (χ4v) is 3.92. The Hall–Kier alpha value is -4.12. The third-order valence-corrected chi connectivity index (χ3v) is 5.64. The lowest BCUT2D eigenvalue weighted by molar-refractivity contribution is 0.0730. The van der Waals surface area contributed by atoms with Gasteiger partial charge in [-0.3, -0.25) is 9.59 Å². The van der Waals surface area contributed by atoms with Crippen molar-refractivity contribution >= 4 is 17.5 Å². The SMILES string of the molecule is O=C(Nc1ccc(-c2cc3c(o2)CCN(C(=O)c2ccccc2)C3)cc1)c1ccccc1. The second-order valence-electron chi connectivity index (χ2n) is 7.80. The van der Waals surface area contributed by atoms with Gasteiger partial charge in [0.05, 0.1) is 0 Å². The molecule has 0 unspecified atom stereocenters. The predicted octanol–water partition coefficient (Wildman–Crippen LogP) is 5.40. The summed E-state index contributed by atoms with van der Waals surface area (Å²) in [5.74, 6) is 1.59. The highest BCUT2D eigenvalue weighted by atomic mass is 16.3. The van der Waals surface area contributed by atoms with Gasteiger partial charge in [-0.15, -0.1) is 0 Å². The number of hydrogen-bond donors (Lipinski definition) is 1. The van der Waals surface area contributed by atoms with Gasteiger partial charge in [0.2, 0.25) is 0 Å². The summed E-state index contributed by atoms with van der Waals surface area (Å²) in [5, 5.41) is 2.91. The molecule has 0 fully saturated rings. The molecule has 0 atom stereocenters. The van der Waals surface area contributed by atoms with Crippen LogP contribution in [0.4, 0.5) is 5.69 Å². The van der Waals surface area contributed by atoms with Gasteiger partial charge in [-0.2, -0.15) is 0 Å². The van der Waals surface area contributed by atoms with E-state index in [9.17, 15) is 9.59 Å². The number of hydrogen-bond acceptors (Lipinski definition) is 3. The molecule has 3 aromatic carbocycles. The first kappa shape index (κ1) is 19.8. The molecule has 0 aliphatic carbocycles. The van der Waals surface area contributed by atoms with Gasteiger partial charge in [-0.25, -0.2) is 0 Å². The summed E-state index contributed by atoms with van der Waals surface area (Å²) in [6.07, 6.45) is 0.694. The van der Waals surface area contributed by atoms with E-state index in [2.05, 4.69) is 5.32 Å². The molecule has 32 heavy (non-hydrogen) atoms. The second-order valence-corrected chi connectivity index (χ2v) is 7.80. The third kappa shape index (κ3) is 4.05. The van der Waals surface area contributed by atoms with Crippen molar-refractivity contribution < 1.29 is 14.0 Å².